The lowest BCUT2D eigenvalue weighted by Crippen LogP contribution is -2.25. The SMILES string of the molecule is O=c1[nH]nc(SCc2cc(=O)n3ccsc3n2)n1C[C@H]1CCCO1. The van der Waals surface area contributed by atoms with Crippen LogP contribution in [0.5, 0.6) is 0 Å². The van der Waals surface area contributed by atoms with Gasteiger partial charge in [-0.2, -0.15) is 0 Å². The molecule has 0 aromatic carbocycles. The largest absolute Gasteiger partial charge is 0.376 e. The van der Waals surface area contributed by atoms with Crippen molar-refractivity contribution in [3.63, 3.8) is 0 Å². The predicted molar refractivity (Wildman–Crippen MR) is 90.7 cm³/mol. The molecule has 4 heterocycles. The molecule has 1 aliphatic heterocycles. The highest BCUT2D eigenvalue weighted by atomic mass is 32.2. The zero-order valence-electron chi connectivity index (χ0n) is 12.7. The number of H-pyrrole nitrogens is 1. The summed E-state index contributed by atoms with van der Waals surface area (Å²) in [7, 11) is 0. The molecule has 24 heavy (non-hydrogen) atoms. The van der Waals surface area contributed by atoms with E-state index >= 15 is 0 Å². The minimum absolute atomic E-state index is 0.0601. The zero-order chi connectivity index (χ0) is 16.5. The second-order valence-corrected chi connectivity index (χ2v) is 7.30. The van der Waals surface area contributed by atoms with E-state index in [1.165, 1.54) is 33.6 Å². The van der Waals surface area contributed by atoms with E-state index in [1.807, 2.05) is 5.38 Å². The molecule has 0 bridgehead atoms. The van der Waals surface area contributed by atoms with Crippen LogP contribution in [0, 0.1) is 0 Å². The molecule has 0 aliphatic carbocycles. The van der Waals surface area contributed by atoms with Crippen LogP contribution in [0.15, 0.2) is 32.4 Å². The molecule has 1 fully saturated rings. The van der Waals surface area contributed by atoms with E-state index in [2.05, 4.69) is 15.2 Å². The molecule has 0 spiro atoms. The average Bonchev–Trinajstić information content (AvgIpc) is 3.29. The summed E-state index contributed by atoms with van der Waals surface area (Å²) in [5.74, 6) is 0.472. The summed E-state index contributed by atoms with van der Waals surface area (Å²) >= 11 is 2.80. The van der Waals surface area contributed by atoms with Gasteiger partial charge in [0.15, 0.2) is 10.1 Å². The van der Waals surface area contributed by atoms with Crippen LogP contribution in [0.4, 0.5) is 0 Å². The molecule has 1 saturated heterocycles. The van der Waals surface area contributed by atoms with E-state index in [0.717, 1.165) is 19.4 Å². The lowest BCUT2D eigenvalue weighted by molar-refractivity contribution is 0.0941. The number of aromatic amines is 1. The zero-order valence-corrected chi connectivity index (χ0v) is 14.3. The second kappa shape index (κ2) is 6.54. The monoisotopic (exact) mass is 365 g/mol. The summed E-state index contributed by atoms with van der Waals surface area (Å²) in [4.78, 5) is 29.1. The van der Waals surface area contributed by atoms with Crippen LogP contribution in [0.25, 0.3) is 4.96 Å². The summed E-state index contributed by atoms with van der Waals surface area (Å²) in [6.45, 7) is 1.24. The molecular weight excluding hydrogens is 350 g/mol. The fourth-order valence-corrected chi connectivity index (χ4v) is 4.25. The number of thiazole rings is 1. The van der Waals surface area contributed by atoms with Crippen molar-refractivity contribution in [3.05, 3.63) is 44.2 Å². The fourth-order valence-electron chi connectivity index (χ4n) is 2.67. The molecule has 3 aromatic heterocycles. The Morgan fingerprint density at radius 2 is 2.38 bits per heavy atom. The Kier molecular flexibility index (Phi) is 4.25. The predicted octanol–water partition coefficient (Wildman–Crippen LogP) is 1.11. The highest BCUT2D eigenvalue weighted by molar-refractivity contribution is 7.98. The van der Waals surface area contributed by atoms with Crippen molar-refractivity contribution >= 4 is 28.1 Å². The molecule has 1 N–H and O–H groups in total. The molecule has 1 atom stereocenters. The van der Waals surface area contributed by atoms with Gasteiger partial charge in [0.1, 0.15) is 0 Å². The first-order valence-corrected chi connectivity index (χ1v) is 9.42. The normalized spacial score (nSPS) is 17.8. The van der Waals surface area contributed by atoms with Crippen molar-refractivity contribution in [2.45, 2.75) is 36.4 Å². The number of aromatic nitrogens is 5. The first-order valence-electron chi connectivity index (χ1n) is 7.56. The molecule has 3 aromatic rings. The van der Waals surface area contributed by atoms with Gasteiger partial charge in [-0.1, -0.05) is 11.8 Å². The van der Waals surface area contributed by atoms with Gasteiger partial charge in [-0.25, -0.2) is 14.9 Å². The Morgan fingerprint density at radius 3 is 3.21 bits per heavy atom. The molecule has 4 rings (SSSR count). The first kappa shape index (κ1) is 15.6. The molecular formula is C14H15N5O3S2. The average molecular weight is 365 g/mol. The van der Waals surface area contributed by atoms with Crippen molar-refractivity contribution in [2.75, 3.05) is 6.61 Å². The molecule has 8 nitrogen and oxygen atoms in total. The van der Waals surface area contributed by atoms with Crippen LogP contribution in [-0.2, 0) is 17.0 Å². The lowest BCUT2D eigenvalue weighted by atomic mass is 10.2. The van der Waals surface area contributed by atoms with Gasteiger partial charge in [-0.15, -0.1) is 16.4 Å². The smallest absolute Gasteiger partial charge is 0.344 e. The Morgan fingerprint density at radius 1 is 1.46 bits per heavy atom. The van der Waals surface area contributed by atoms with Crippen LogP contribution in [0.1, 0.15) is 18.5 Å². The summed E-state index contributed by atoms with van der Waals surface area (Å²) < 4.78 is 8.70. The molecule has 0 unspecified atom stereocenters. The number of nitrogens with one attached hydrogen (secondary N) is 1. The van der Waals surface area contributed by atoms with Gasteiger partial charge >= 0.3 is 5.69 Å². The van der Waals surface area contributed by atoms with Crippen molar-refractivity contribution in [3.8, 4) is 0 Å². The van der Waals surface area contributed by atoms with Gasteiger partial charge in [0.05, 0.1) is 18.3 Å². The molecule has 126 valence electrons. The lowest BCUT2D eigenvalue weighted by Gasteiger charge is -2.10. The van der Waals surface area contributed by atoms with Gasteiger partial charge in [0, 0.05) is 30.0 Å². The topological polar surface area (TPSA) is 94.3 Å². The van der Waals surface area contributed by atoms with Crippen molar-refractivity contribution < 1.29 is 4.74 Å². The van der Waals surface area contributed by atoms with E-state index in [1.54, 1.807) is 10.8 Å². The van der Waals surface area contributed by atoms with Gasteiger partial charge in [-0.3, -0.25) is 13.8 Å². The van der Waals surface area contributed by atoms with Gasteiger partial charge < -0.3 is 4.74 Å². The summed E-state index contributed by atoms with van der Waals surface area (Å²) in [5, 5.41) is 8.97. The van der Waals surface area contributed by atoms with E-state index in [4.69, 9.17) is 4.74 Å². The third-order valence-electron chi connectivity index (χ3n) is 3.84. The third-order valence-corrected chi connectivity index (χ3v) is 5.61. The number of thioether (sulfide) groups is 1. The van der Waals surface area contributed by atoms with Crippen molar-refractivity contribution in [2.24, 2.45) is 0 Å². The standard InChI is InChI=1S/C14H15N5O3S2/c20-11-6-9(15-13-18(11)3-5-23-13)8-24-14-17-16-12(21)19(14)7-10-2-1-4-22-10/h3,5-6,10H,1-2,4,7-8H2,(H,16,21)/t10-/m1/s1. The van der Waals surface area contributed by atoms with E-state index in [9.17, 15) is 9.59 Å². The van der Waals surface area contributed by atoms with Crippen molar-refractivity contribution in [1.29, 1.82) is 0 Å². The second-order valence-electron chi connectivity index (χ2n) is 5.49. The number of hydrogen-bond donors (Lipinski definition) is 1. The number of rotatable bonds is 5. The number of nitrogens with zero attached hydrogens (tertiary/aromatic N) is 4. The van der Waals surface area contributed by atoms with Gasteiger partial charge in [0.2, 0.25) is 0 Å². The Labute approximate surface area is 144 Å². The highest BCUT2D eigenvalue weighted by Crippen LogP contribution is 2.21. The number of fused-ring (bicyclic) bond motifs is 1. The van der Waals surface area contributed by atoms with E-state index in [-0.39, 0.29) is 17.4 Å². The third kappa shape index (κ3) is 3.04. The van der Waals surface area contributed by atoms with Crippen LogP contribution >= 0.6 is 23.1 Å². The molecule has 0 saturated carbocycles. The molecule has 1 aliphatic rings. The number of ether oxygens (including phenoxy) is 1. The Hall–Kier alpha value is -1.91. The van der Waals surface area contributed by atoms with E-state index in [0.29, 0.717) is 28.1 Å². The van der Waals surface area contributed by atoms with E-state index < -0.39 is 0 Å². The maximum Gasteiger partial charge on any atom is 0.344 e. The molecule has 0 radical (unpaired) electrons. The van der Waals surface area contributed by atoms with Crippen LogP contribution < -0.4 is 11.2 Å². The van der Waals surface area contributed by atoms with Crippen LogP contribution in [-0.4, -0.2) is 36.9 Å². The first-order chi connectivity index (χ1) is 11.7. The van der Waals surface area contributed by atoms with Crippen LogP contribution in [0.2, 0.25) is 0 Å². The fraction of sp³-hybridized carbons (Fsp3) is 0.429. The summed E-state index contributed by atoms with van der Waals surface area (Å²) in [5.41, 5.74) is 0.330. The molecule has 0 amide bonds. The minimum Gasteiger partial charge on any atom is -0.376 e. The highest BCUT2D eigenvalue weighted by Gasteiger charge is 2.19. The minimum atomic E-state index is -0.241. The quantitative estimate of drug-likeness (QED) is 0.681. The van der Waals surface area contributed by atoms with Gasteiger partial charge in [0.25, 0.3) is 5.56 Å². The molecule has 10 heteroatoms. The van der Waals surface area contributed by atoms with Crippen molar-refractivity contribution in [1.82, 2.24) is 24.1 Å². The maximum atomic E-state index is 12.0. The number of hydrogen-bond acceptors (Lipinski definition) is 7. The van der Waals surface area contributed by atoms with Gasteiger partial charge in [-0.05, 0) is 12.8 Å². The van der Waals surface area contributed by atoms with Crippen LogP contribution in [0.3, 0.4) is 0 Å². The maximum absolute atomic E-state index is 12.0. The Balaban J connectivity index is 1.52. The summed E-state index contributed by atoms with van der Waals surface area (Å²) in [6, 6.07) is 1.52. The summed E-state index contributed by atoms with van der Waals surface area (Å²) in [6.07, 6.45) is 3.74. The Bertz CT molecular complexity index is 967.